The van der Waals surface area contributed by atoms with Gasteiger partial charge in [0, 0.05) is 5.39 Å². The summed E-state index contributed by atoms with van der Waals surface area (Å²) in [6.45, 7) is 0. The van der Waals surface area contributed by atoms with E-state index in [9.17, 15) is 4.39 Å². The van der Waals surface area contributed by atoms with Gasteiger partial charge < -0.3 is 5.43 Å². The van der Waals surface area contributed by atoms with Crippen LogP contribution in [0.25, 0.3) is 10.9 Å². The number of nitrogens with one attached hydrogen (secondary N) is 1. The van der Waals surface area contributed by atoms with Crippen molar-refractivity contribution in [3.05, 3.63) is 34.1 Å². The summed E-state index contributed by atoms with van der Waals surface area (Å²) in [5, 5.41) is 0.403. The molecule has 0 fully saturated rings. The van der Waals surface area contributed by atoms with Crippen LogP contribution in [-0.2, 0) is 0 Å². The summed E-state index contributed by atoms with van der Waals surface area (Å²) in [5.41, 5.74) is 2.87. The van der Waals surface area contributed by atoms with Crippen LogP contribution in [0.1, 0.15) is 0 Å². The van der Waals surface area contributed by atoms with Crippen molar-refractivity contribution < 1.29 is 4.39 Å². The fourth-order valence-electron chi connectivity index (χ4n) is 1.26. The monoisotopic (exact) mass is 245 g/mol. The summed E-state index contributed by atoms with van der Waals surface area (Å²) in [6, 6.07) is 4.62. The minimum atomic E-state index is -0.638. The van der Waals surface area contributed by atoms with E-state index in [4.69, 9.17) is 29.0 Å². The van der Waals surface area contributed by atoms with Gasteiger partial charge in [-0.25, -0.2) is 15.2 Å². The molecule has 0 atom stereocenters. The van der Waals surface area contributed by atoms with Crippen LogP contribution in [0.5, 0.6) is 0 Å². The standard InChI is InChI=1S/C9H6Cl2FN3/c10-5-3-6-4(8(11)9(5)12)1-2-7(14-6)15-13/h1-3H,13H2,(H,14,15). The molecule has 1 heterocycles. The van der Waals surface area contributed by atoms with Gasteiger partial charge in [-0.3, -0.25) is 0 Å². The second-order valence-electron chi connectivity index (χ2n) is 2.89. The Hall–Kier alpha value is -1.10. The predicted molar refractivity (Wildman–Crippen MR) is 59.5 cm³/mol. The van der Waals surface area contributed by atoms with Crippen LogP contribution in [0.15, 0.2) is 18.2 Å². The number of pyridine rings is 1. The molecule has 0 saturated heterocycles. The smallest absolute Gasteiger partial charge is 0.161 e. The number of nitrogens with zero attached hydrogens (tertiary/aromatic N) is 1. The maximum absolute atomic E-state index is 13.3. The number of nitrogen functional groups attached to an aromatic ring is 1. The lowest BCUT2D eigenvalue weighted by atomic mass is 10.2. The van der Waals surface area contributed by atoms with Crippen molar-refractivity contribution in [1.29, 1.82) is 0 Å². The molecule has 0 aliphatic rings. The number of hydrogen-bond acceptors (Lipinski definition) is 3. The Bertz CT molecular complexity index is 530. The fourth-order valence-corrected chi connectivity index (χ4v) is 1.77. The van der Waals surface area contributed by atoms with E-state index in [1.165, 1.54) is 6.07 Å². The minimum Gasteiger partial charge on any atom is -0.308 e. The quantitative estimate of drug-likeness (QED) is 0.462. The Kier molecular flexibility index (Phi) is 2.65. The summed E-state index contributed by atoms with van der Waals surface area (Å²) < 4.78 is 13.3. The third-order valence-corrected chi connectivity index (χ3v) is 2.62. The van der Waals surface area contributed by atoms with Crippen molar-refractivity contribution in [2.45, 2.75) is 0 Å². The molecule has 0 saturated carbocycles. The number of hydrogen-bond donors (Lipinski definition) is 2. The Balaban J connectivity index is 2.80. The van der Waals surface area contributed by atoms with E-state index in [2.05, 4.69) is 10.4 Å². The highest BCUT2D eigenvalue weighted by atomic mass is 35.5. The normalized spacial score (nSPS) is 10.7. The number of nitrogens with two attached hydrogens (primary N) is 1. The van der Waals surface area contributed by atoms with Gasteiger partial charge >= 0.3 is 0 Å². The van der Waals surface area contributed by atoms with Gasteiger partial charge in [0.25, 0.3) is 0 Å². The van der Waals surface area contributed by atoms with Crippen molar-refractivity contribution in [3.8, 4) is 0 Å². The molecule has 2 aromatic rings. The molecule has 0 amide bonds. The van der Waals surface area contributed by atoms with Crippen LogP contribution < -0.4 is 11.3 Å². The van der Waals surface area contributed by atoms with Crippen LogP contribution in [0.3, 0.4) is 0 Å². The number of hydrazine groups is 1. The molecule has 3 N–H and O–H groups in total. The maximum Gasteiger partial charge on any atom is 0.161 e. The summed E-state index contributed by atoms with van der Waals surface area (Å²) in [5.74, 6) is 5.02. The first-order chi connectivity index (χ1) is 7.13. The number of benzene rings is 1. The van der Waals surface area contributed by atoms with E-state index in [0.717, 1.165) is 0 Å². The molecule has 0 bridgehead atoms. The summed E-state index contributed by atoms with van der Waals surface area (Å²) in [4.78, 5) is 4.08. The van der Waals surface area contributed by atoms with E-state index in [1.54, 1.807) is 12.1 Å². The van der Waals surface area contributed by atoms with E-state index < -0.39 is 5.82 Å². The number of anilines is 1. The van der Waals surface area contributed by atoms with Crippen molar-refractivity contribution in [1.82, 2.24) is 4.98 Å². The van der Waals surface area contributed by atoms with Crippen molar-refractivity contribution in [3.63, 3.8) is 0 Å². The zero-order valence-electron chi connectivity index (χ0n) is 7.39. The molecule has 78 valence electrons. The van der Waals surface area contributed by atoms with E-state index in [0.29, 0.717) is 16.7 Å². The molecule has 0 aliphatic heterocycles. The highest BCUT2D eigenvalue weighted by Gasteiger charge is 2.11. The molecule has 0 spiro atoms. The largest absolute Gasteiger partial charge is 0.308 e. The number of aromatic nitrogens is 1. The number of halogens is 3. The van der Waals surface area contributed by atoms with Gasteiger partial charge in [0.15, 0.2) is 5.82 Å². The lowest BCUT2D eigenvalue weighted by Crippen LogP contribution is -2.08. The van der Waals surface area contributed by atoms with Crippen LogP contribution in [0.4, 0.5) is 10.2 Å². The molecule has 6 heteroatoms. The molecular weight excluding hydrogens is 240 g/mol. The molecule has 2 rings (SSSR count). The number of fused-ring (bicyclic) bond motifs is 1. The number of rotatable bonds is 1. The molecule has 1 aromatic carbocycles. The third kappa shape index (κ3) is 1.71. The molecule has 15 heavy (non-hydrogen) atoms. The van der Waals surface area contributed by atoms with Gasteiger partial charge in [-0.05, 0) is 18.2 Å². The zero-order chi connectivity index (χ0) is 11.0. The highest BCUT2D eigenvalue weighted by Crippen LogP contribution is 2.31. The van der Waals surface area contributed by atoms with Gasteiger partial charge in [-0.15, -0.1) is 0 Å². The van der Waals surface area contributed by atoms with Gasteiger partial charge in [0.1, 0.15) is 5.82 Å². The van der Waals surface area contributed by atoms with Crippen LogP contribution in [0.2, 0.25) is 10.0 Å². The molecule has 3 nitrogen and oxygen atoms in total. The lowest BCUT2D eigenvalue weighted by Gasteiger charge is -2.05. The second-order valence-corrected chi connectivity index (χ2v) is 3.68. The SMILES string of the molecule is NNc1ccc2c(Cl)c(F)c(Cl)cc2n1. The first kappa shape index (κ1) is 10.4. The van der Waals surface area contributed by atoms with E-state index >= 15 is 0 Å². The highest BCUT2D eigenvalue weighted by molar-refractivity contribution is 6.38. The first-order valence-corrected chi connectivity index (χ1v) is 4.80. The molecule has 0 unspecified atom stereocenters. The second kappa shape index (κ2) is 3.81. The summed E-state index contributed by atoms with van der Waals surface area (Å²) in [6.07, 6.45) is 0. The summed E-state index contributed by atoms with van der Waals surface area (Å²) >= 11 is 11.4. The fraction of sp³-hybridized carbons (Fsp3) is 0. The predicted octanol–water partition coefficient (Wildman–Crippen LogP) is 2.97. The van der Waals surface area contributed by atoms with E-state index in [-0.39, 0.29) is 10.0 Å². The molecule has 0 aliphatic carbocycles. The summed E-state index contributed by atoms with van der Waals surface area (Å²) in [7, 11) is 0. The molecular formula is C9H6Cl2FN3. The van der Waals surface area contributed by atoms with Crippen molar-refractivity contribution in [2.75, 3.05) is 5.43 Å². The molecule has 1 aromatic heterocycles. The average Bonchev–Trinajstić information content (AvgIpc) is 2.25. The van der Waals surface area contributed by atoms with E-state index in [1.807, 2.05) is 0 Å². The minimum absolute atomic E-state index is 0.0337. The maximum atomic E-state index is 13.3. The van der Waals surface area contributed by atoms with Gasteiger partial charge in [0.05, 0.1) is 15.6 Å². The topological polar surface area (TPSA) is 50.9 Å². The third-order valence-electron chi connectivity index (χ3n) is 1.97. The van der Waals surface area contributed by atoms with Gasteiger partial charge in [-0.2, -0.15) is 0 Å². The lowest BCUT2D eigenvalue weighted by molar-refractivity contribution is 0.630. The van der Waals surface area contributed by atoms with Gasteiger partial charge in [-0.1, -0.05) is 23.2 Å². The van der Waals surface area contributed by atoms with Crippen LogP contribution >= 0.6 is 23.2 Å². The van der Waals surface area contributed by atoms with Gasteiger partial charge in [0.2, 0.25) is 0 Å². The molecule has 0 radical (unpaired) electrons. The van der Waals surface area contributed by atoms with Crippen LogP contribution in [-0.4, -0.2) is 4.98 Å². The zero-order valence-corrected chi connectivity index (χ0v) is 8.90. The Morgan fingerprint density at radius 1 is 1.33 bits per heavy atom. The van der Waals surface area contributed by atoms with Crippen molar-refractivity contribution >= 4 is 39.9 Å². The Morgan fingerprint density at radius 3 is 2.73 bits per heavy atom. The van der Waals surface area contributed by atoms with Crippen molar-refractivity contribution in [2.24, 2.45) is 5.84 Å². The Morgan fingerprint density at radius 2 is 2.07 bits per heavy atom. The Labute approximate surface area is 95.0 Å². The first-order valence-electron chi connectivity index (χ1n) is 4.04. The average molecular weight is 246 g/mol. The van der Waals surface area contributed by atoms with Crippen LogP contribution in [0, 0.1) is 5.82 Å².